The maximum Gasteiger partial charge on any atom is 0.350 e. The summed E-state index contributed by atoms with van der Waals surface area (Å²) in [5, 5.41) is 20.6. The Morgan fingerprint density at radius 3 is 2.35 bits per heavy atom. The smallest absolute Gasteiger partial charge is 0.350 e. The quantitative estimate of drug-likeness (QED) is 0.289. The van der Waals surface area contributed by atoms with E-state index in [2.05, 4.69) is 10.0 Å². The summed E-state index contributed by atoms with van der Waals surface area (Å²) in [7, 11) is -3.94. The van der Waals surface area contributed by atoms with Crippen molar-refractivity contribution in [3.8, 4) is 6.07 Å². The molecule has 0 aliphatic carbocycles. The van der Waals surface area contributed by atoms with Gasteiger partial charge in [0.05, 0.1) is 22.9 Å². The number of nitriles is 1. The second kappa shape index (κ2) is 10.8. The van der Waals surface area contributed by atoms with Crippen LogP contribution in [0.4, 0.5) is 11.4 Å². The largest absolute Gasteiger partial charge is 0.481 e. The minimum atomic E-state index is -3.94. The number of aliphatic carboxylic acids is 1. The van der Waals surface area contributed by atoms with E-state index in [9.17, 15) is 18.0 Å². The van der Waals surface area contributed by atoms with Gasteiger partial charge in [-0.2, -0.15) is 5.26 Å². The van der Waals surface area contributed by atoms with E-state index in [1.807, 2.05) is 0 Å². The molecule has 0 saturated carbocycles. The number of carboxylic acids is 1. The van der Waals surface area contributed by atoms with E-state index >= 15 is 0 Å². The molecule has 0 radical (unpaired) electrons. The average Bonchev–Trinajstić information content (AvgIpc) is 2.74. The molecule has 0 aromatic heterocycles. The molecule has 2 aromatic carbocycles. The molecule has 10 heteroatoms. The maximum absolute atomic E-state index is 12.7. The normalized spacial score (nSPS) is 11.3. The van der Waals surface area contributed by atoms with Gasteiger partial charge in [0.1, 0.15) is 6.07 Å². The lowest BCUT2D eigenvalue weighted by molar-refractivity contribution is -0.138. The van der Waals surface area contributed by atoms with Crippen LogP contribution in [-0.4, -0.2) is 32.1 Å². The predicted octanol–water partition coefficient (Wildman–Crippen LogP) is 2.89. The molecule has 0 atom stereocenters. The van der Waals surface area contributed by atoms with Crippen molar-refractivity contribution < 1.29 is 27.9 Å². The number of ether oxygens (including phenoxy) is 1. The Bertz CT molecular complexity index is 1120. The van der Waals surface area contributed by atoms with Crippen molar-refractivity contribution in [2.24, 2.45) is 0 Å². The van der Waals surface area contributed by atoms with E-state index in [1.54, 1.807) is 43.3 Å². The fourth-order valence-electron chi connectivity index (χ4n) is 2.48. The monoisotopic (exact) mass is 443 g/mol. The van der Waals surface area contributed by atoms with Crippen LogP contribution >= 0.6 is 0 Å². The number of para-hydroxylation sites is 2. The molecule has 0 saturated heterocycles. The van der Waals surface area contributed by atoms with Crippen LogP contribution in [0, 0.1) is 11.3 Å². The number of aryl methyl sites for hydroxylation is 1. The number of carbonyl (C=O) groups excluding carboxylic acids is 1. The third-order valence-corrected chi connectivity index (χ3v) is 5.40. The first-order chi connectivity index (χ1) is 14.8. The zero-order valence-electron chi connectivity index (χ0n) is 16.7. The molecular weight excluding hydrogens is 422 g/mol. The Morgan fingerprint density at radius 2 is 1.77 bits per heavy atom. The van der Waals surface area contributed by atoms with Gasteiger partial charge in [0.2, 0.25) is 0 Å². The second-order valence-electron chi connectivity index (χ2n) is 6.22. The van der Waals surface area contributed by atoms with Gasteiger partial charge >= 0.3 is 11.9 Å². The van der Waals surface area contributed by atoms with E-state index < -0.39 is 22.0 Å². The molecule has 31 heavy (non-hydrogen) atoms. The number of benzene rings is 2. The van der Waals surface area contributed by atoms with Crippen molar-refractivity contribution in [1.82, 2.24) is 0 Å². The molecule has 0 fully saturated rings. The predicted molar refractivity (Wildman–Crippen MR) is 114 cm³/mol. The first-order valence-electron chi connectivity index (χ1n) is 9.23. The molecule has 0 aliphatic heterocycles. The highest BCUT2D eigenvalue weighted by Crippen LogP contribution is 2.25. The first kappa shape index (κ1) is 23.4. The van der Waals surface area contributed by atoms with Gasteiger partial charge in [-0.05, 0) is 43.2 Å². The Hall–Kier alpha value is -3.84. The third-order valence-electron chi connectivity index (χ3n) is 4.02. The average molecular weight is 443 g/mol. The molecule has 0 amide bonds. The fraction of sp³-hybridized carbons (Fsp3) is 0.190. The Kier molecular flexibility index (Phi) is 8.16. The molecule has 0 unspecified atom stereocenters. The number of hydrogen-bond acceptors (Lipinski definition) is 7. The summed E-state index contributed by atoms with van der Waals surface area (Å²) in [6.07, 6.45) is 1.39. The van der Waals surface area contributed by atoms with Crippen LogP contribution in [0.15, 0.2) is 65.2 Å². The second-order valence-corrected chi connectivity index (χ2v) is 7.91. The van der Waals surface area contributed by atoms with Crippen LogP contribution in [-0.2, 0) is 30.8 Å². The highest BCUT2D eigenvalue weighted by atomic mass is 32.2. The number of nitrogens with one attached hydrogen (secondary N) is 2. The summed E-state index contributed by atoms with van der Waals surface area (Å²) in [6, 6.07) is 14.0. The van der Waals surface area contributed by atoms with Gasteiger partial charge in [0.15, 0.2) is 5.57 Å². The summed E-state index contributed by atoms with van der Waals surface area (Å²) in [6.45, 7) is 1.73. The number of esters is 1. The van der Waals surface area contributed by atoms with E-state index in [0.717, 1.165) is 6.20 Å². The number of rotatable bonds is 10. The minimum absolute atomic E-state index is 0.00107. The minimum Gasteiger partial charge on any atom is -0.481 e. The number of carboxylic acid groups (broad SMARTS) is 1. The zero-order valence-corrected chi connectivity index (χ0v) is 17.5. The number of nitrogens with zero attached hydrogens (tertiary/aromatic N) is 1. The summed E-state index contributed by atoms with van der Waals surface area (Å²) >= 11 is 0. The zero-order chi connectivity index (χ0) is 22.9. The van der Waals surface area contributed by atoms with Crippen LogP contribution in [0.25, 0.3) is 0 Å². The van der Waals surface area contributed by atoms with Crippen molar-refractivity contribution in [3.63, 3.8) is 0 Å². The molecule has 0 heterocycles. The number of anilines is 2. The standard InChI is InChI=1S/C21H21N3O6S/c1-2-30-21(27)16(13-22)14-23-18-5-3-4-6-19(18)24-31(28,29)17-10-7-15(8-11-17)9-12-20(25)26/h3-8,10-11,14,23-24H,2,9,12H2,1H3,(H,25,26)/b16-14+. The summed E-state index contributed by atoms with van der Waals surface area (Å²) < 4.78 is 32.7. The van der Waals surface area contributed by atoms with Crippen molar-refractivity contribution >= 4 is 33.3 Å². The lowest BCUT2D eigenvalue weighted by atomic mass is 10.1. The highest BCUT2D eigenvalue weighted by Gasteiger charge is 2.16. The Labute approximate surface area is 180 Å². The summed E-state index contributed by atoms with van der Waals surface area (Å²) in [4.78, 5) is 22.4. The lowest BCUT2D eigenvalue weighted by Crippen LogP contribution is -2.14. The summed E-state index contributed by atoms with van der Waals surface area (Å²) in [5.74, 6) is -1.72. The highest BCUT2D eigenvalue weighted by molar-refractivity contribution is 7.92. The van der Waals surface area contributed by atoms with Crippen LogP contribution in [0.2, 0.25) is 0 Å². The van der Waals surface area contributed by atoms with E-state index in [-0.39, 0.29) is 29.2 Å². The molecular formula is C21H21N3O6S. The number of carbonyl (C=O) groups is 2. The van der Waals surface area contributed by atoms with E-state index in [4.69, 9.17) is 15.1 Å². The number of sulfonamides is 1. The Balaban J connectivity index is 2.20. The van der Waals surface area contributed by atoms with Crippen LogP contribution < -0.4 is 10.0 Å². The summed E-state index contributed by atoms with van der Waals surface area (Å²) in [5.41, 5.74) is 0.962. The van der Waals surface area contributed by atoms with Crippen molar-refractivity contribution in [3.05, 3.63) is 65.9 Å². The SMILES string of the molecule is CCOC(=O)/C(C#N)=C/Nc1ccccc1NS(=O)(=O)c1ccc(CCC(=O)O)cc1. The lowest BCUT2D eigenvalue weighted by Gasteiger charge is -2.13. The van der Waals surface area contributed by atoms with Gasteiger partial charge in [-0.25, -0.2) is 13.2 Å². The van der Waals surface area contributed by atoms with Crippen molar-refractivity contribution in [2.45, 2.75) is 24.7 Å². The van der Waals surface area contributed by atoms with Gasteiger partial charge < -0.3 is 15.2 Å². The molecule has 0 spiro atoms. The van der Waals surface area contributed by atoms with Gasteiger partial charge in [-0.1, -0.05) is 24.3 Å². The van der Waals surface area contributed by atoms with Crippen molar-refractivity contribution in [1.29, 1.82) is 5.26 Å². The van der Waals surface area contributed by atoms with Crippen LogP contribution in [0.3, 0.4) is 0 Å². The van der Waals surface area contributed by atoms with Crippen LogP contribution in [0.1, 0.15) is 18.9 Å². The molecule has 162 valence electrons. The first-order valence-corrected chi connectivity index (χ1v) is 10.7. The molecule has 2 aromatic rings. The van der Waals surface area contributed by atoms with Gasteiger partial charge in [-0.15, -0.1) is 0 Å². The van der Waals surface area contributed by atoms with Gasteiger partial charge in [0, 0.05) is 12.6 Å². The molecule has 0 aliphatic rings. The van der Waals surface area contributed by atoms with E-state index in [1.165, 1.54) is 18.2 Å². The Morgan fingerprint density at radius 1 is 1.13 bits per heavy atom. The van der Waals surface area contributed by atoms with Crippen LogP contribution in [0.5, 0.6) is 0 Å². The van der Waals surface area contributed by atoms with Crippen molar-refractivity contribution in [2.75, 3.05) is 16.6 Å². The van der Waals surface area contributed by atoms with E-state index in [0.29, 0.717) is 17.7 Å². The maximum atomic E-state index is 12.7. The number of hydrogen-bond donors (Lipinski definition) is 3. The topological polar surface area (TPSA) is 146 Å². The molecule has 9 nitrogen and oxygen atoms in total. The molecule has 0 bridgehead atoms. The fourth-order valence-corrected chi connectivity index (χ4v) is 3.56. The van der Waals surface area contributed by atoms with Gasteiger partial charge in [0.25, 0.3) is 10.0 Å². The third kappa shape index (κ3) is 6.87. The van der Waals surface area contributed by atoms with Gasteiger partial charge in [-0.3, -0.25) is 9.52 Å². The molecule has 3 N–H and O–H groups in total. The molecule has 2 rings (SSSR count).